The second-order valence-electron chi connectivity index (χ2n) is 4.66. The molecule has 3 heteroatoms. The first kappa shape index (κ1) is 11.6. The van der Waals surface area contributed by atoms with Crippen molar-refractivity contribution < 1.29 is 0 Å². The van der Waals surface area contributed by atoms with Crippen molar-refractivity contribution in [2.24, 2.45) is 0 Å². The number of hydrogen-bond acceptors (Lipinski definition) is 3. The van der Waals surface area contributed by atoms with Crippen molar-refractivity contribution in [1.82, 2.24) is 15.2 Å². The zero-order valence-electron chi connectivity index (χ0n) is 10.2. The summed E-state index contributed by atoms with van der Waals surface area (Å²) in [6.07, 6.45) is 7.70. The fourth-order valence-electron chi connectivity index (χ4n) is 2.70. The van der Waals surface area contributed by atoms with E-state index in [-0.39, 0.29) is 0 Å². The highest BCUT2D eigenvalue weighted by atomic mass is 15.2. The molecule has 1 heterocycles. The van der Waals surface area contributed by atoms with Gasteiger partial charge in [-0.3, -0.25) is 9.88 Å². The van der Waals surface area contributed by atoms with Gasteiger partial charge in [0.05, 0.1) is 0 Å². The van der Waals surface area contributed by atoms with Gasteiger partial charge in [-0.15, -0.1) is 0 Å². The summed E-state index contributed by atoms with van der Waals surface area (Å²) in [6.45, 7) is 1.02. The Kier molecular flexibility index (Phi) is 3.91. The molecule has 1 fully saturated rings. The van der Waals surface area contributed by atoms with Crippen LogP contribution in [0.15, 0.2) is 24.5 Å². The molecule has 1 aromatic rings. The Hall–Kier alpha value is -0.930. The first-order chi connectivity index (χ1) is 7.81. The largest absolute Gasteiger partial charge is 0.315 e. The van der Waals surface area contributed by atoms with E-state index in [1.165, 1.54) is 24.8 Å². The molecule has 0 spiro atoms. The minimum atomic E-state index is 0.659. The van der Waals surface area contributed by atoms with E-state index in [1.54, 1.807) is 0 Å². The van der Waals surface area contributed by atoms with Crippen molar-refractivity contribution in [3.63, 3.8) is 0 Å². The highest BCUT2D eigenvalue weighted by Gasteiger charge is 2.28. The quantitative estimate of drug-likeness (QED) is 0.834. The second kappa shape index (κ2) is 5.41. The fraction of sp³-hybridized carbons (Fsp3) is 0.615. The summed E-state index contributed by atoms with van der Waals surface area (Å²) in [5.74, 6) is 0. The molecule has 1 N–H and O–H groups in total. The van der Waals surface area contributed by atoms with Crippen LogP contribution in [-0.4, -0.2) is 36.1 Å². The Morgan fingerprint density at radius 2 is 2.12 bits per heavy atom. The lowest BCUT2D eigenvalue weighted by Crippen LogP contribution is -2.43. The Morgan fingerprint density at radius 1 is 1.38 bits per heavy atom. The molecule has 1 aromatic heterocycles. The minimum absolute atomic E-state index is 0.659. The SMILES string of the molecule is CNC1CCCC1N(C)Cc1ccncc1. The van der Waals surface area contributed by atoms with Gasteiger partial charge in [-0.2, -0.15) is 0 Å². The number of likely N-dealkylation sites (N-methyl/N-ethyl adjacent to an activating group) is 2. The molecule has 88 valence electrons. The Balaban J connectivity index is 1.95. The van der Waals surface area contributed by atoms with Gasteiger partial charge in [0, 0.05) is 31.0 Å². The fourth-order valence-corrected chi connectivity index (χ4v) is 2.70. The molecule has 2 atom stereocenters. The van der Waals surface area contributed by atoms with Gasteiger partial charge in [0.2, 0.25) is 0 Å². The summed E-state index contributed by atoms with van der Waals surface area (Å²) in [5.41, 5.74) is 1.35. The molecule has 0 amide bonds. The number of nitrogens with one attached hydrogen (secondary N) is 1. The van der Waals surface area contributed by atoms with Crippen LogP contribution in [0, 0.1) is 0 Å². The van der Waals surface area contributed by atoms with E-state index in [0.29, 0.717) is 12.1 Å². The van der Waals surface area contributed by atoms with E-state index >= 15 is 0 Å². The van der Waals surface area contributed by atoms with Gasteiger partial charge >= 0.3 is 0 Å². The van der Waals surface area contributed by atoms with E-state index in [2.05, 4.69) is 41.4 Å². The predicted octanol–water partition coefficient (Wildman–Crippen LogP) is 1.65. The lowest BCUT2D eigenvalue weighted by atomic mass is 10.1. The van der Waals surface area contributed by atoms with E-state index in [9.17, 15) is 0 Å². The average molecular weight is 219 g/mol. The summed E-state index contributed by atoms with van der Waals surface area (Å²) in [5, 5.41) is 3.43. The molecule has 1 saturated carbocycles. The summed E-state index contributed by atoms with van der Waals surface area (Å²) in [4.78, 5) is 6.51. The summed E-state index contributed by atoms with van der Waals surface area (Å²) in [6, 6.07) is 5.53. The highest BCUT2D eigenvalue weighted by Crippen LogP contribution is 2.24. The zero-order valence-corrected chi connectivity index (χ0v) is 10.2. The van der Waals surface area contributed by atoms with Crippen LogP contribution in [0.2, 0.25) is 0 Å². The van der Waals surface area contributed by atoms with Gasteiger partial charge in [-0.05, 0) is 44.6 Å². The third-order valence-electron chi connectivity index (χ3n) is 3.60. The minimum Gasteiger partial charge on any atom is -0.315 e. The van der Waals surface area contributed by atoms with Crippen molar-refractivity contribution >= 4 is 0 Å². The maximum atomic E-state index is 4.05. The summed E-state index contributed by atoms with van der Waals surface area (Å²) >= 11 is 0. The molecule has 16 heavy (non-hydrogen) atoms. The molecule has 0 aromatic carbocycles. The summed E-state index contributed by atoms with van der Waals surface area (Å²) in [7, 11) is 4.30. The van der Waals surface area contributed by atoms with Gasteiger partial charge < -0.3 is 5.32 Å². The van der Waals surface area contributed by atoms with Gasteiger partial charge in [0.25, 0.3) is 0 Å². The van der Waals surface area contributed by atoms with Crippen molar-refractivity contribution in [2.75, 3.05) is 14.1 Å². The molecule has 0 aliphatic heterocycles. The van der Waals surface area contributed by atoms with E-state index in [1.807, 2.05) is 12.4 Å². The normalized spacial score (nSPS) is 25.2. The molecule has 2 rings (SSSR count). The van der Waals surface area contributed by atoms with Crippen LogP contribution in [-0.2, 0) is 6.54 Å². The van der Waals surface area contributed by atoms with Gasteiger partial charge in [-0.1, -0.05) is 6.42 Å². The number of hydrogen-bond donors (Lipinski definition) is 1. The Bertz CT molecular complexity index is 312. The molecule has 3 nitrogen and oxygen atoms in total. The van der Waals surface area contributed by atoms with Gasteiger partial charge in [-0.25, -0.2) is 0 Å². The first-order valence-corrected chi connectivity index (χ1v) is 6.07. The first-order valence-electron chi connectivity index (χ1n) is 6.07. The average Bonchev–Trinajstić information content (AvgIpc) is 2.78. The molecule has 2 unspecified atom stereocenters. The van der Waals surface area contributed by atoms with Crippen LogP contribution in [0.5, 0.6) is 0 Å². The van der Waals surface area contributed by atoms with E-state index in [0.717, 1.165) is 6.54 Å². The van der Waals surface area contributed by atoms with Crippen molar-refractivity contribution in [3.05, 3.63) is 30.1 Å². The third kappa shape index (κ3) is 2.60. The lowest BCUT2D eigenvalue weighted by molar-refractivity contribution is 0.208. The maximum absolute atomic E-state index is 4.05. The van der Waals surface area contributed by atoms with Gasteiger partial charge in [0.15, 0.2) is 0 Å². The molecule has 0 bridgehead atoms. The molecular weight excluding hydrogens is 198 g/mol. The zero-order chi connectivity index (χ0) is 11.4. The molecule has 0 saturated heterocycles. The van der Waals surface area contributed by atoms with Crippen LogP contribution < -0.4 is 5.32 Å². The van der Waals surface area contributed by atoms with E-state index in [4.69, 9.17) is 0 Å². The molecule has 0 radical (unpaired) electrons. The smallest absolute Gasteiger partial charge is 0.0271 e. The maximum Gasteiger partial charge on any atom is 0.0271 e. The highest BCUT2D eigenvalue weighted by molar-refractivity contribution is 5.09. The van der Waals surface area contributed by atoms with Crippen molar-refractivity contribution in [3.8, 4) is 0 Å². The lowest BCUT2D eigenvalue weighted by Gasteiger charge is -2.29. The van der Waals surface area contributed by atoms with Crippen molar-refractivity contribution in [2.45, 2.75) is 37.9 Å². The van der Waals surface area contributed by atoms with Crippen molar-refractivity contribution in [1.29, 1.82) is 0 Å². The van der Waals surface area contributed by atoms with Crippen LogP contribution >= 0.6 is 0 Å². The van der Waals surface area contributed by atoms with Crippen LogP contribution in [0.1, 0.15) is 24.8 Å². The number of nitrogens with zero attached hydrogens (tertiary/aromatic N) is 2. The molecular formula is C13H21N3. The third-order valence-corrected chi connectivity index (χ3v) is 3.60. The molecule has 1 aliphatic rings. The summed E-state index contributed by atoms with van der Waals surface area (Å²) < 4.78 is 0. The Morgan fingerprint density at radius 3 is 2.81 bits per heavy atom. The predicted molar refractivity (Wildman–Crippen MR) is 66.2 cm³/mol. The topological polar surface area (TPSA) is 28.2 Å². The number of pyridine rings is 1. The van der Waals surface area contributed by atoms with E-state index < -0.39 is 0 Å². The standard InChI is InChI=1S/C13H21N3/c1-14-12-4-3-5-13(12)16(2)10-11-6-8-15-9-7-11/h6-9,12-14H,3-5,10H2,1-2H3. The number of aromatic nitrogens is 1. The Labute approximate surface area is 97.9 Å². The van der Waals surface area contributed by atoms with Crippen LogP contribution in [0.4, 0.5) is 0 Å². The van der Waals surface area contributed by atoms with Crippen LogP contribution in [0.25, 0.3) is 0 Å². The number of rotatable bonds is 4. The van der Waals surface area contributed by atoms with Gasteiger partial charge in [0.1, 0.15) is 0 Å². The second-order valence-corrected chi connectivity index (χ2v) is 4.66. The molecule has 1 aliphatic carbocycles. The van der Waals surface area contributed by atoms with Crippen LogP contribution in [0.3, 0.4) is 0 Å². The monoisotopic (exact) mass is 219 g/mol.